The van der Waals surface area contributed by atoms with Crippen molar-refractivity contribution in [1.82, 2.24) is 19.9 Å². The summed E-state index contributed by atoms with van der Waals surface area (Å²) in [6.45, 7) is 9.45. The van der Waals surface area contributed by atoms with Gasteiger partial charge < -0.3 is 25.8 Å². The molecule has 34 heavy (non-hydrogen) atoms. The van der Waals surface area contributed by atoms with E-state index in [1.807, 2.05) is 54.6 Å². The molecule has 0 radical (unpaired) electrons. The molecule has 0 aliphatic rings. The molecule has 2 aromatic carbocycles. The van der Waals surface area contributed by atoms with Gasteiger partial charge in [-0.25, -0.2) is 9.50 Å². The van der Waals surface area contributed by atoms with Crippen LogP contribution in [0.4, 0.5) is 5.69 Å². The van der Waals surface area contributed by atoms with Gasteiger partial charge in [-0.1, -0.05) is 25.3 Å². The lowest BCUT2D eigenvalue weighted by Crippen LogP contribution is -2.20. The molecule has 0 unspecified atom stereocenters. The number of rotatable bonds is 10. The van der Waals surface area contributed by atoms with Gasteiger partial charge in [0.15, 0.2) is 17.1 Å². The summed E-state index contributed by atoms with van der Waals surface area (Å²) in [5, 5.41) is 11.3. The second kappa shape index (κ2) is 10.1. The highest BCUT2D eigenvalue weighted by molar-refractivity contribution is 5.77. The van der Waals surface area contributed by atoms with E-state index in [1.54, 1.807) is 24.9 Å². The maximum absolute atomic E-state index is 5.54. The second-order valence-electron chi connectivity index (χ2n) is 7.57. The Morgan fingerprint density at radius 1 is 0.971 bits per heavy atom. The van der Waals surface area contributed by atoms with E-state index in [-0.39, 0.29) is 0 Å². The molecule has 4 rings (SSSR count). The summed E-state index contributed by atoms with van der Waals surface area (Å²) in [7, 11) is 3.23. The monoisotopic (exact) mass is 456 g/mol. The Kier molecular flexibility index (Phi) is 6.79. The van der Waals surface area contributed by atoms with E-state index in [1.165, 1.54) is 0 Å². The first-order chi connectivity index (χ1) is 16.5. The molecule has 8 heteroatoms. The van der Waals surface area contributed by atoms with Crippen molar-refractivity contribution in [3.63, 3.8) is 0 Å². The SMILES string of the molecule is C=C(NCCN)c1ccc(NC(=C)c2cc3nccc(-c4ccc(OC)c(OC)c4)n3n2)cc1. The zero-order chi connectivity index (χ0) is 24.1. The van der Waals surface area contributed by atoms with Crippen LogP contribution >= 0.6 is 0 Å². The minimum Gasteiger partial charge on any atom is -0.493 e. The van der Waals surface area contributed by atoms with Gasteiger partial charge in [0.25, 0.3) is 0 Å². The minimum absolute atomic E-state index is 0.556. The number of ether oxygens (including phenoxy) is 2. The Morgan fingerprint density at radius 3 is 2.44 bits per heavy atom. The third kappa shape index (κ3) is 4.72. The zero-order valence-corrected chi connectivity index (χ0v) is 19.3. The van der Waals surface area contributed by atoms with Gasteiger partial charge in [-0.2, -0.15) is 5.10 Å². The first-order valence-corrected chi connectivity index (χ1v) is 10.8. The van der Waals surface area contributed by atoms with Gasteiger partial charge in [-0.15, -0.1) is 0 Å². The maximum Gasteiger partial charge on any atom is 0.161 e. The molecule has 0 bridgehead atoms. The lowest BCUT2D eigenvalue weighted by Gasteiger charge is -2.11. The fourth-order valence-corrected chi connectivity index (χ4v) is 3.57. The van der Waals surface area contributed by atoms with Crippen molar-refractivity contribution < 1.29 is 9.47 Å². The zero-order valence-electron chi connectivity index (χ0n) is 19.3. The molecule has 0 aliphatic heterocycles. The van der Waals surface area contributed by atoms with E-state index < -0.39 is 0 Å². The predicted octanol–water partition coefficient (Wildman–Crippen LogP) is 4.02. The van der Waals surface area contributed by atoms with Gasteiger partial charge in [-0.3, -0.25) is 0 Å². The summed E-state index contributed by atoms with van der Waals surface area (Å²) in [5.41, 5.74) is 12.1. The van der Waals surface area contributed by atoms with E-state index in [9.17, 15) is 0 Å². The molecule has 0 amide bonds. The summed E-state index contributed by atoms with van der Waals surface area (Å²) in [4.78, 5) is 4.46. The third-order valence-electron chi connectivity index (χ3n) is 5.36. The molecule has 0 fully saturated rings. The molecule has 2 heterocycles. The number of anilines is 1. The number of methoxy groups -OCH3 is 2. The number of nitrogens with two attached hydrogens (primary N) is 1. The molecule has 0 saturated carbocycles. The Morgan fingerprint density at radius 2 is 1.74 bits per heavy atom. The number of hydrogen-bond acceptors (Lipinski definition) is 7. The molecule has 8 nitrogen and oxygen atoms in total. The van der Waals surface area contributed by atoms with Crippen molar-refractivity contribution in [2.75, 3.05) is 32.6 Å². The standard InChI is InChI=1S/C26H28N6O2/c1-17(28-14-12-27)19-5-8-21(9-6-19)30-18(2)22-16-26-29-13-11-23(32(26)31-22)20-7-10-24(33-3)25(15-20)34-4/h5-11,13,15-16,28,30H,1-2,12,14,27H2,3-4H3. The van der Waals surface area contributed by atoms with Gasteiger partial charge in [0.05, 0.1) is 25.6 Å². The predicted molar refractivity (Wildman–Crippen MR) is 137 cm³/mol. The second-order valence-corrected chi connectivity index (χ2v) is 7.57. The molecule has 0 spiro atoms. The smallest absolute Gasteiger partial charge is 0.161 e. The van der Waals surface area contributed by atoms with E-state index in [0.29, 0.717) is 41.6 Å². The minimum atomic E-state index is 0.556. The molecule has 2 aromatic heterocycles. The Hall–Kier alpha value is -4.30. The highest BCUT2D eigenvalue weighted by atomic mass is 16.5. The van der Waals surface area contributed by atoms with E-state index in [2.05, 4.69) is 28.8 Å². The Labute approximate surface area is 198 Å². The van der Waals surface area contributed by atoms with E-state index in [0.717, 1.165) is 28.2 Å². The van der Waals surface area contributed by atoms with Crippen LogP contribution in [0.5, 0.6) is 11.5 Å². The fraction of sp³-hybridized carbons (Fsp3) is 0.154. The van der Waals surface area contributed by atoms with Gasteiger partial charge >= 0.3 is 0 Å². The number of fused-ring (bicyclic) bond motifs is 1. The van der Waals surface area contributed by atoms with Gasteiger partial charge in [0.2, 0.25) is 0 Å². The van der Waals surface area contributed by atoms with Crippen LogP contribution in [-0.4, -0.2) is 41.9 Å². The van der Waals surface area contributed by atoms with Crippen LogP contribution in [0, 0.1) is 0 Å². The molecule has 4 N–H and O–H groups in total. The highest BCUT2D eigenvalue weighted by Crippen LogP contribution is 2.32. The van der Waals surface area contributed by atoms with Crippen LogP contribution in [0.25, 0.3) is 28.3 Å². The summed E-state index contributed by atoms with van der Waals surface area (Å²) in [6.07, 6.45) is 1.76. The van der Waals surface area contributed by atoms with E-state index >= 15 is 0 Å². The summed E-state index contributed by atoms with van der Waals surface area (Å²) in [6, 6.07) is 17.5. The van der Waals surface area contributed by atoms with Crippen molar-refractivity contribution >= 4 is 22.7 Å². The molecule has 0 aliphatic carbocycles. The number of aromatic nitrogens is 3. The molecule has 4 aromatic rings. The van der Waals surface area contributed by atoms with Crippen LogP contribution in [0.1, 0.15) is 11.3 Å². The number of benzene rings is 2. The summed E-state index contributed by atoms with van der Waals surface area (Å²) >= 11 is 0. The van der Waals surface area contributed by atoms with Crippen LogP contribution in [-0.2, 0) is 0 Å². The quantitative estimate of drug-likeness (QED) is 0.332. The lowest BCUT2D eigenvalue weighted by molar-refractivity contribution is 0.355. The van der Waals surface area contributed by atoms with Gasteiger partial charge in [0, 0.05) is 42.3 Å². The average Bonchev–Trinajstić information content (AvgIpc) is 3.32. The number of nitrogens with one attached hydrogen (secondary N) is 2. The molecule has 0 atom stereocenters. The van der Waals surface area contributed by atoms with Crippen molar-refractivity contribution in [1.29, 1.82) is 0 Å². The first kappa shape index (κ1) is 22.9. The summed E-state index contributed by atoms with van der Waals surface area (Å²) in [5.74, 6) is 1.31. The van der Waals surface area contributed by atoms with Crippen molar-refractivity contribution in [3.8, 4) is 22.8 Å². The maximum atomic E-state index is 5.54. The van der Waals surface area contributed by atoms with Crippen LogP contribution in [0.3, 0.4) is 0 Å². The molecular formula is C26H28N6O2. The Bertz CT molecular complexity index is 1330. The average molecular weight is 457 g/mol. The largest absolute Gasteiger partial charge is 0.493 e. The van der Waals surface area contributed by atoms with Gasteiger partial charge in [-0.05, 0) is 42.0 Å². The summed E-state index contributed by atoms with van der Waals surface area (Å²) < 4.78 is 12.6. The van der Waals surface area contributed by atoms with Crippen LogP contribution in [0.2, 0.25) is 0 Å². The molecule has 0 saturated heterocycles. The molecule has 174 valence electrons. The topological polar surface area (TPSA) is 98.7 Å². The Balaban J connectivity index is 1.57. The van der Waals surface area contributed by atoms with Crippen molar-refractivity contribution in [2.45, 2.75) is 0 Å². The third-order valence-corrected chi connectivity index (χ3v) is 5.36. The molecular weight excluding hydrogens is 428 g/mol. The normalized spacial score (nSPS) is 10.7. The van der Waals surface area contributed by atoms with Gasteiger partial charge in [0.1, 0.15) is 5.69 Å². The van der Waals surface area contributed by atoms with Crippen molar-refractivity contribution in [2.24, 2.45) is 5.73 Å². The fourth-order valence-electron chi connectivity index (χ4n) is 3.57. The highest BCUT2D eigenvalue weighted by Gasteiger charge is 2.13. The first-order valence-electron chi connectivity index (χ1n) is 10.8. The van der Waals surface area contributed by atoms with Crippen LogP contribution < -0.4 is 25.8 Å². The number of hydrogen-bond donors (Lipinski definition) is 3. The lowest BCUT2D eigenvalue weighted by atomic mass is 10.1. The van der Waals surface area contributed by atoms with E-state index in [4.69, 9.17) is 20.3 Å². The number of nitrogens with zero attached hydrogens (tertiary/aromatic N) is 3. The van der Waals surface area contributed by atoms with Crippen molar-refractivity contribution in [3.05, 3.63) is 85.2 Å². The van der Waals surface area contributed by atoms with Crippen LogP contribution in [0.15, 0.2) is 74.0 Å².